The number of hydrogen-bond donors (Lipinski definition) is 1. The summed E-state index contributed by atoms with van der Waals surface area (Å²) in [5, 5.41) is 7.74. The highest BCUT2D eigenvalue weighted by Gasteiger charge is 2.21. The zero-order chi connectivity index (χ0) is 13.1. The van der Waals surface area contributed by atoms with Crippen LogP contribution in [-0.4, -0.2) is 41.4 Å². The number of piperidine rings is 1. The Kier molecular flexibility index (Phi) is 4.81. The van der Waals surface area contributed by atoms with Gasteiger partial charge in [0.15, 0.2) is 0 Å². The molecule has 2 heterocycles. The second-order valence-corrected chi connectivity index (χ2v) is 6.04. The Balaban J connectivity index is 1.91. The van der Waals surface area contributed by atoms with Crippen LogP contribution >= 0.6 is 15.9 Å². The highest BCUT2D eigenvalue weighted by Crippen LogP contribution is 2.24. The monoisotopic (exact) mass is 314 g/mol. The van der Waals surface area contributed by atoms with Gasteiger partial charge in [-0.2, -0.15) is 5.10 Å². The van der Waals surface area contributed by atoms with Crippen LogP contribution in [0.2, 0.25) is 0 Å². The van der Waals surface area contributed by atoms with Crippen LogP contribution in [-0.2, 0) is 13.6 Å². The van der Waals surface area contributed by atoms with Crippen LogP contribution in [0.3, 0.4) is 0 Å². The molecular weight excluding hydrogens is 292 g/mol. The van der Waals surface area contributed by atoms with Gasteiger partial charge >= 0.3 is 0 Å². The van der Waals surface area contributed by atoms with Crippen molar-refractivity contribution in [2.45, 2.75) is 26.3 Å². The van der Waals surface area contributed by atoms with E-state index in [0.717, 1.165) is 24.7 Å². The highest BCUT2D eigenvalue weighted by atomic mass is 79.9. The lowest BCUT2D eigenvalue weighted by molar-refractivity contribution is 0.173. The van der Waals surface area contributed by atoms with E-state index in [9.17, 15) is 0 Å². The number of aromatic nitrogens is 2. The van der Waals surface area contributed by atoms with Crippen molar-refractivity contribution in [1.29, 1.82) is 0 Å². The van der Waals surface area contributed by atoms with Gasteiger partial charge < -0.3 is 5.32 Å². The van der Waals surface area contributed by atoms with E-state index < -0.39 is 0 Å². The third kappa shape index (κ3) is 3.13. The molecule has 2 rings (SSSR count). The predicted octanol–water partition coefficient (Wildman–Crippen LogP) is 1.92. The largest absolute Gasteiger partial charge is 0.319 e. The lowest BCUT2D eigenvalue weighted by Gasteiger charge is -2.31. The van der Waals surface area contributed by atoms with E-state index >= 15 is 0 Å². The molecule has 0 atom stereocenters. The summed E-state index contributed by atoms with van der Waals surface area (Å²) in [4.78, 5) is 2.54. The first-order chi connectivity index (χ1) is 8.61. The van der Waals surface area contributed by atoms with Crippen LogP contribution in [0, 0.1) is 12.8 Å². The molecule has 0 unspecified atom stereocenters. The number of aryl methyl sites for hydroxylation is 2. The molecule has 1 aromatic rings. The zero-order valence-corrected chi connectivity index (χ0v) is 13.1. The molecule has 1 aromatic heterocycles. The summed E-state index contributed by atoms with van der Waals surface area (Å²) in [7, 11) is 4.07. The van der Waals surface area contributed by atoms with E-state index in [2.05, 4.69) is 31.2 Å². The van der Waals surface area contributed by atoms with E-state index in [-0.39, 0.29) is 0 Å². The maximum Gasteiger partial charge on any atom is 0.0739 e. The van der Waals surface area contributed by atoms with Gasteiger partial charge in [0.2, 0.25) is 0 Å². The lowest BCUT2D eigenvalue weighted by atomic mass is 9.97. The minimum atomic E-state index is 0.850. The average molecular weight is 315 g/mol. The Morgan fingerprint density at radius 2 is 2.06 bits per heavy atom. The van der Waals surface area contributed by atoms with Crippen molar-refractivity contribution < 1.29 is 0 Å². The molecule has 0 radical (unpaired) electrons. The molecule has 0 bridgehead atoms. The SMILES string of the molecule is CNCC1CCN(Cc2c(Br)c(C)nn2C)CC1. The number of likely N-dealkylation sites (tertiary alicyclic amines) is 1. The van der Waals surface area contributed by atoms with Crippen molar-refractivity contribution in [1.82, 2.24) is 20.0 Å². The maximum absolute atomic E-state index is 4.45. The van der Waals surface area contributed by atoms with E-state index in [1.807, 2.05) is 25.7 Å². The molecule has 1 aliphatic heterocycles. The third-order valence-corrected chi connectivity index (χ3v) is 4.87. The second kappa shape index (κ2) is 6.17. The number of rotatable bonds is 4. The second-order valence-electron chi connectivity index (χ2n) is 5.25. The molecule has 0 amide bonds. The molecule has 5 heteroatoms. The van der Waals surface area contributed by atoms with Crippen LogP contribution in [0.1, 0.15) is 24.2 Å². The molecule has 0 aromatic carbocycles. The fourth-order valence-electron chi connectivity index (χ4n) is 2.70. The molecule has 102 valence electrons. The smallest absolute Gasteiger partial charge is 0.0739 e. The van der Waals surface area contributed by atoms with Gasteiger partial charge in [-0.15, -0.1) is 0 Å². The minimum absolute atomic E-state index is 0.850. The Labute approximate surface area is 118 Å². The van der Waals surface area contributed by atoms with Gasteiger partial charge in [-0.25, -0.2) is 0 Å². The van der Waals surface area contributed by atoms with Crippen molar-refractivity contribution in [2.75, 3.05) is 26.7 Å². The van der Waals surface area contributed by atoms with Crippen molar-refractivity contribution >= 4 is 15.9 Å². The molecule has 0 spiro atoms. The van der Waals surface area contributed by atoms with Crippen LogP contribution in [0.25, 0.3) is 0 Å². The van der Waals surface area contributed by atoms with Gasteiger partial charge in [0.25, 0.3) is 0 Å². The quantitative estimate of drug-likeness (QED) is 0.921. The van der Waals surface area contributed by atoms with E-state index in [0.29, 0.717) is 0 Å². The number of hydrogen-bond acceptors (Lipinski definition) is 3. The fourth-order valence-corrected chi connectivity index (χ4v) is 3.16. The standard InChI is InChI=1S/C13H23BrN4/c1-10-13(14)12(17(3)16-10)9-18-6-4-11(5-7-18)8-15-2/h11,15H,4-9H2,1-3H3. The molecule has 1 N–H and O–H groups in total. The van der Waals surface area contributed by atoms with Crippen molar-refractivity contribution in [3.8, 4) is 0 Å². The molecule has 1 aliphatic rings. The Morgan fingerprint density at radius 1 is 1.39 bits per heavy atom. The Bertz CT molecular complexity index is 394. The summed E-state index contributed by atoms with van der Waals surface area (Å²) < 4.78 is 3.17. The summed E-state index contributed by atoms with van der Waals surface area (Å²) in [6.07, 6.45) is 2.60. The van der Waals surface area contributed by atoms with Gasteiger partial charge in [-0.05, 0) is 68.3 Å². The summed E-state index contributed by atoms with van der Waals surface area (Å²) in [5.41, 5.74) is 2.37. The fraction of sp³-hybridized carbons (Fsp3) is 0.769. The van der Waals surface area contributed by atoms with Crippen LogP contribution in [0.5, 0.6) is 0 Å². The molecule has 0 aliphatic carbocycles. The lowest BCUT2D eigenvalue weighted by Crippen LogP contribution is -2.36. The molecule has 1 saturated heterocycles. The topological polar surface area (TPSA) is 33.1 Å². The predicted molar refractivity (Wildman–Crippen MR) is 77.6 cm³/mol. The Morgan fingerprint density at radius 3 is 2.56 bits per heavy atom. The summed E-state index contributed by atoms with van der Waals surface area (Å²) in [5.74, 6) is 0.850. The van der Waals surface area contributed by atoms with Gasteiger partial charge in [0.1, 0.15) is 0 Å². The van der Waals surface area contributed by atoms with Gasteiger partial charge in [-0.3, -0.25) is 9.58 Å². The first-order valence-corrected chi connectivity index (χ1v) is 7.46. The third-order valence-electron chi connectivity index (χ3n) is 3.83. The summed E-state index contributed by atoms with van der Waals surface area (Å²) >= 11 is 3.64. The first-order valence-electron chi connectivity index (χ1n) is 6.66. The first kappa shape index (κ1) is 14.0. The molecule has 0 saturated carbocycles. The number of nitrogens with one attached hydrogen (secondary N) is 1. The highest BCUT2D eigenvalue weighted by molar-refractivity contribution is 9.10. The van der Waals surface area contributed by atoms with Crippen molar-refractivity contribution in [3.05, 3.63) is 15.9 Å². The molecule has 4 nitrogen and oxygen atoms in total. The van der Waals surface area contributed by atoms with Crippen LogP contribution in [0.4, 0.5) is 0 Å². The summed E-state index contributed by atoms with van der Waals surface area (Å²) in [6, 6.07) is 0. The number of halogens is 1. The molecule has 1 fully saturated rings. The minimum Gasteiger partial charge on any atom is -0.319 e. The Hall–Kier alpha value is -0.390. The molecule has 18 heavy (non-hydrogen) atoms. The van der Waals surface area contributed by atoms with E-state index in [1.165, 1.54) is 36.1 Å². The molecular formula is C13H23BrN4. The van der Waals surface area contributed by atoms with E-state index in [1.54, 1.807) is 0 Å². The van der Waals surface area contributed by atoms with Gasteiger partial charge in [0, 0.05) is 13.6 Å². The van der Waals surface area contributed by atoms with E-state index in [4.69, 9.17) is 0 Å². The van der Waals surface area contributed by atoms with Gasteiger partial charge in [-0.1, -0.05) is 0 Å². The van der Waals surface area contributed by atoms with Crippen molar-refractivity contribution in [3.63, 3.8) is 0 Å². The van der Waals surface area contributed by atoms with Gasteiger partial charge in [0.05, 0.1) is 15.9 Å². The zero-order valence-electron chi connectivity index (χ0n) is 11.5. The summed E-state index contributed by atoms with van der Waals surface area (Å²) in [6.45, 7) is 6.60. The van der Waals surface area contributed by atoms with Crippen LogP contribution < -0.4 is 5.32 Å². The normalized spacial score (nSPS) is 18.4. The maximum atomic E-state index is 4.45. The average Bonchev–Trinajstić information content (AvgIpc) is 2.59. The van der Waals surface area contributed by atoms with Crippen molar-refractivity contribution in [2.24, 2.45) is 13.0 Å². The van der Waals surface area contributed by atoms with Crippen LogP contribution in [0.15, 0.2) is 4.47 Å². The number of nitrogens with zero attached hydrogens (tertiary/aromatic N) is 3.